The zero-order valence-corrected chi connectivity index (χ0v) is 35.5. The van der Waals surface area contributed by atoms with Gasteiger partial charge in [-0.25, -0.2) is 4.57 Å². The maximum atomic E-state index is 12.4. The van der Waals surface area contributed by atoms with Crippen LogP contribution in [0.15, 0.2) is 48.6 Å². The van der Waals surface area contributed by atoms with Crippen molar-refractivity contribution in [3.05, 3.63) is 48.6 Å². The number of esters is 2. The number of allylic oxidation sites excluding steroid dienone is 8. The maximum Gasteiger partial charge on any atom is 0.469 e. The first-order chi connectivity index (χ1) is 26.3. The van der Waals surface area contributed by atoms with Crippen LogP contribution in [-0.2, 0) is 28.2 Å². The molecule has 0 aromatic carbocycles. The molecule has 0 amide bonds. The van der Waals surface area contributed by atoms with E-state index in [1.165, 1.54) is 109 Å². The van der Waals surface area contributed by atoms with Gasteiger partial charge in [-0.2, -0.15) is 0 Å². The summed E-state index contributed by atoms with van der Waals surface area (Å²) in [6, 6.07) is 0. The van der Waals surface area contributed by atoms with E-state index in [0.29, 0.717) is 12.8 Å². The van der Waals surface area contributed by atoms with Crippen LogP contribution in [-0.4, -0.2) is 41.0 Å². The van der Waals surface area contributed by atoms with Gasteiger partial charge in [0.25, 0.3) is 0 Å². The zero-order valence-electron chi connectivity index (χ0n) is 34.6. The monoisotopic (exact) mass is 781 g/mol. The quantitative estimate of drug-likeness (QED) is 0.0273. The summed E-state index contributed by atoms with van der Waals surface area (Å²) in [6.45, 7) is 3.65. The van der Waals surface area contributed by atoms with Crippen molar-refractivity contribution in [2.75, 3.05) is 13.2 Å². The first-order valence-corrected chi connectivity index (χ1v) is 23.5. The third kappa shape index (κ3) is 42.7. The number of rotatable bonds is 40. The summed E-state index contributed by atoms with van der Waals surface area (Å²) in [6.07, 6.45) is 49.7. The Hall–Kier alpha value is -1.99. The van der Waals surface area contributed by atoms with Crippen LogP contribution in [0.25, 0.3) is 0 Å². The zero-order chi connectivity index (χ0) is 39.6. The third-order valence-corrected chi connectivity index (χ3v) is 9.84. The lowest BCUT2D eigenvalue weighted by atomic mass is 10.0. The second-order valence-corrected chi connectivity index (χ2v) is 15.9. The van der Waals surface area contributed by atoms with Crippen LogP contribution in [0.4, 0.5) is 0 Å². The molecule has 8 nitrogen and oxygen atoms in total. The summed E-state index contributed by atoms with van der Waals surface area (Å²) in [5, 5.41) is 0. The van der Waals surface area contributed by atoms with E-state index in [0.717, 1.165) is 57.8 Å². The highest BCUT2D eigenvalue weighted by molar-refractivity contribution is 7.46. The van der Waals surface area contributed by atoms with E-state index in [-0.39, 0.29) is 19.4 Å². The van der Waals surface area contributed by atoms with Crippen LogP contribution in [0.5, 0.6) is 0 Å². The van der Waals surface area contributed by atoms with Crippen LogP contribution >= 0.6 is 7.82 Å². The highest BCUT2D eigenvalue weighted by Gasteiger charge is 2.22. The highest BCUT2D eigenvalue weighted by atomic mass is 31.2. The summed E-state index contributed by atoms with van der Waals surface area (Å²) < 4.78 is 26.4. The Morgan fingerprint density at radius 2 is 0.833 bits per heavy atom. The number of carbonyl (C=O) groups excluding carboxylic acids is 2. The van der Waals surface area contributed by atoms with Crippen molar-refractivity contribution in [2.45, 2.75) is 213 Å². The van der Waals surface area contributed by atoms with Crippen LogP contribution in [0.2, 0.25) is 0 Å². The minimum absolute atomic E-state index is 0.207. The second kappa shape index (κ2) is 40.7. The first kappa shape index (κ1) is 52.0. The van der Waals surface area contributed by atoms with Crippen molar-refractivity contribution in [1.82, 2.24) is 0 Å². The molecule has 0 aliphatic carbocycles. The lowest BCUT2D eigenvalue weighted by Crippen LogP contribution is -2.29. The third-order valence-electron chi connectivity index (χ3n) is 9.35. The fourth-order valence-corrected chi connectivity index (χ4v) is 6.42. The van der Waals surface area contributed by atoms with E-state index in [1.54, 1.807) is 0 Å². The lowest BCUT2D eigenvalue weighted by Gasteiger charge is -2.18. The Labute approximate surface area is 331 Å². The van der Waals surface area contributed by atoms with Gasteiger partial charge in [0.2, 0.25) is 0 Å². The molecular formula is C45H81O8P. The van der Waals surface area contributed by atoms with Crippen molar-refractivity contribution < 1.29 is 37.9 Å². The molecule has 0 radical (unpaired) electrons. The normalized spacial score (nSPS) is 12.9. The standard InChI is InChI=1S/C45H81O8P/c1-3-5-7-9-11-13-15-17-19-21-22-24-25-27-29-31-33-35-37-39-44(46)51-41-43(42-52-54(48,49)50)53-45(47)40-38-36-34-32-30-28-26-23-20-18-16-14-12-10-8-6-4-2/h11,13,17,19,22,24,27,29,43H,3-10,12,14-16,18,20-21,23,25-26,28,30-42H2,1-2H3,(H2,48,49,50)/b13-11-,19-17-,24-22-,29-27-/t43-/m1/s1. The van der Waals surface area contributed by atoms with Gasteiger partial charge in [-0.05, 0) is 57.8 Å². The summed E-state index contributed by atoms with van der Waals surface area (Å²) in [5.41, 5.74) is 0. The van der Waals surface area contributed by atoms with Crippen molar-refractivity contribution in [2.24, 2.45) is 0 Å². The first-order valence-electron chi connectivity index (χ1n) is 21.9. The lowest BCUT2D eigenvalue weighted by molar-refractivity contribution is -0.161. The van der Waals surface area contributed by atoms with Gasteiger partial charge in [-0.3, -0.25) is 14.1 Å². The molecular weight excluding hydrogens is 699 g/mol. The molecule has 9 heteroatoms. The van der Waals surface area contributed by atoms with Crippen LogP contribution in [0.3, 0.4) is 0 Å². The van der Waals surface area contributed by atoms with Gasteiger partial charge >= 0.3 is 19.8 Å². The van der Waals surface area contributed by atoms with Crippen LogP contribution < -0.4 is 0 Å². The van der Waals surface area contributed by atoms with Crippen molar-refractivity contribution in [3.8, 4) is 0 Å². The average molecular weight is 781 g/mol. The molecule has 0 saturated heterocycles. The minimum atomic E-state index is -4.76. The van der Waals surface area contributed by atoms with Gasteiger partial charge in [0.05, 0.1) is 6.61 Å². The van der Waals surface area contributed by atoms with Gasteiger partial charge < -0.3 is 19.3 Å². The maximum absolute atomic E-state index is 12.4. The van der Waals surface area contributed by atoms with Gasteiger partial charge in [-0.15, -0.1) is 0 Å². The minimum Gasteiger partial charge on any atom is -0.462 e. The molecule has 0 saturated carbocycles. The van der Waals surface area contributed by atoms with Crippen molar-refractivity contribution >= 4 is 19.8 Å². The highest BCUT2D eigenvalue weighted by Crippen LogP contribution is 2.36. The molecule has 0 bridgehead atoms. The number of hydrogen-bond acceptors (Lipinski definition) is 6. The number of carbonyl (C=O) groups is 2. The number of unbranched alkanes of at least 4 members (excludes halogenated alkanes) is 22. The molecule has 0 aliphatic rings. The summed E-state index contributed by atoms with van der Waals surface area (Å²) in [4.78, 5) is 42.9. The second-order valence-electron chi connectivity index (χ2n) is 14.7. The summed E-state index contributed by atoms with van der Waals surface area (Å²) in [7, 11) is -4.76. The molecule has 0 aliphatic heterocycles. The predicted molar refractivity (Wildman–Crippen MR) is 225 cm³/mol. The Morgan fingerprint density at radius 3 is 1.28 bits per heavy atom. The summed E-state index contributed by atoms with van der Waals surface area (Å²) in [5.74, 6) is -0.915. The Balaban J connectivity index is 3.95. The molecule has 314 valence electrons. The fourth-order valence-electron chi connectivity index (χ4n) is 6.06. The molecule has 0 aromatic heterocycles. The number of ether oxygens (including phenoxy) is 2. The largest absolute Gasteiger partial charge is 0.469 e. The van der Waals surface area contributed by atoms with Crippen molar-refractivity contribution in [3.63, 3.8) is 0 Å². The van der Waals surface area contributed by atoms with Gasteiger partial charge in [0.1, 0.15) is 6.61 Å². The van der Waals surface area contributed by atoms with Gasteiger partial charge in [-0.1, -0.05) is 184 Å². The Morgan fingerprint density at radius 1 is 0.481 bits per heavy atom. The molecule has 0 fully saturated rings. The smallest absolute Gasteiger partial charge is 0.462 e. The van der Waals surface area contributed by atoms with E-state index in [4.69, 9.17) is 19.3 Å². The average Bonchev–Trinajstić information content (AvgIpc) is 3.14. The van der Waals surface area contributed by atoms with E-state index in [2.05, 4.69) is 67.0 Å². The van der Waals surface area contributed by atoms with Crippen LogP contribution in [0, 0.1) is 0 Å². The van der Waals surface area contributed by atoms with Crippen LogP contribution in [0.1, 0.15) is 206 Å². The van der Waals surface area contributed by atoms with E-state index in [1.807, 2.05) is 0 Å². The van der Waals surface area contributed by atoms with Crippen molar-refractivity contribution in [1.29, 1.82) is 0 Å². The molecule has 0 rings (SSSR count). The Kier molecular flexibility index (Phi) is 39.2. The molecule has 1 atom stereocenters. The van der Waals surface area contributed by atoms with E-state index >= 15 is 0 Å². The Bertz CT molecular complexity index is 1020. The number of phosphoric acid groups is 1. The fraction of sp³-hybridized carbons (Fsp3) is 0.778. The van der Waals surface area contributed by atoms with E-state index < -0.39 is 32.5 Å². The number of phosphoric ester groups is 1. The molecule has 2 N–H and O–H groups in total. The molecule has 0 spiro atoms. The predicted octanol–water partition coefficient (Wildman–Crippen LogP) is 13.5. The molecule has 0 heterocycles. The number of hydrogen-bond donors (Lipinski definition) is 2. The topological polar surface area (TPSA) is 119 Å². The molecule has 0 aromatic rings. The van der Waals surface area contributed by atoms with Gasteiger partial charge in [0.15, 0.2) is 6.10 Å². The SMILES string of the molecule is CCCCC/C=C\C/C=C\C/C=C\C/C=C\CCCCCC(=O)OC[C@H](COP(=O)(O)O)OC(=O)CCCCCCCCCCCCCCCCCCC. The van der Waals surface area contributed by atoms with Gasteiger partial charge in [0, 0.05) is 12.8 Å². The summed E-state index contributed by atoms with van der Waals surface area (Å²) >= 11 is 0. The molecule has 0 unspecified atom stereocenters. The molecule has 54 heavy (non-hydrogen) atoms. The van der Waals surface area contributed by atoms with E-state index in [9.17, 15) is 14.2 Å².